The van der Waals surface area contributed by atoms with Gasteiger partial charge in [-0.05, 0) is 99.2 Å². The van der Waals surface area contributed by atoms with Gasteiger partial charge in [-0.2, -0.15) is 0 Å². The second kappa shape index (κ2) is 16.6. The van der Waals surface area contributed by atoms with E-state index >= 15 is 0 Å². The van der Waals surface area contributed by atoms with Crippen molar-refractivity contribution >= 4 is 76.3 Å². The Morgan fingerprint density at radius 1 is 0.875 bits per heavy atom. The molecule has 1 heterocycles. The minimum atomic E-state index is -0.666. The number of anilines is 3. The first-order chi connectivity index (χ1) is 23.0. The van der Waals surface area contributed by atoms with Crippen molar-refractivity contribution in [2.24, 2.45) is 0 Å². The minimum absolute atomic E-state index is 0.137. The van der Waals surface area contributed by atoms with Crippen molar-refractivity contribution in [3.05, 3.63) is 99.1 Å². The smallest absolute Gasteiger partial charge is 0.417 e. The lowest BCUT2D eigenvalue weighted by Gasteiger charge is -2.16. The minimum Gasteiger partial charge on any atom is -0.462 e. The monoisotopic (exact) mass is 693 g/mol. The Hall–Kier alpha value is -5.13. The molecule has 0 spiro atoms. The van der Waals surface area contributed by atoms with Crippen molar-refractivity contribution in [3.63, 3.8) is 0 Å². The number of nitrogens with one attached hydrogen (secondary N) is 2. The maximum atomic E-state index is 12.7. The Labute approximate surface area is 287 Å². The molecule has 48 heavy (non-hydrogen) atoms. The number of amides is 4. The van der Waals surface area contributed by atoms with Gasteiger partial charge in [-0.25, -0.2) is 19.3 Å². The van der Waals surface area contributed by atoms with Crippen LogP contribution in [0.1, 0.15) is 43.7 Å². The van der Waals surface area contributed by atoms with Crippen molar-refractivity contribution in [2.45, 2.75) is 39.5 Å². The molecule has 4 amide bonds. The first kappa shape index (κ1) is 35.7. The summed E-state index contributed by atoms with van der Waals surface area (Å²) in [5.41, 5.74) is 4.19. The average molecular weight is 695 g/mol. The molecule has 0 unspecified atom stereocenters. The summed E-state index contributed by atoms with van der Waals surface area (Å²) in [5, 5.41) is 5.32. The average Bonchev–Trinajstić information content (AvgIpc) is 3.31. The lowest BCUT2D eigenvalue weighted by atomic mass is 9.93. The van der Waals surface area contributed by atoms with Crippen LogP contribution in [-0.4, -0.2) is 43.7 Å². The quantitative estimate of drug-likeness (QED) is 0.144. The van der Waals surface area contributed by atoms with Gasteiger partial charge in [-0.1, -0.05) is 41.4 Å². The zero-order chi connectivity index (χ0) is 34.8. The normalized spacial score (nSPS) is 14.0. The van der Waals surface area contributed by atoms with Crippen molar-refractivity contribution in [2.75, 3.05) is 29.3 Å². The van der Waals surface area contributed by atoms with Gasteiger partial charge in [0.1, 0.15) is 10.8 Å². The number of hydrogen-bond donors (Lipinski definition) is 2. The van der Waals surface area contributed by atoms with Crippen molar-refractivity contribution in [3.8, 4) is 5.75 Å². The molecule has 0 saturated heterocycles. The number of hydrogen-bond acceptors (Lipinski definition) is 8. The largest absolute Gasteiger partial charge is 0.462 e. The molecule has 0 radical (unpaired) electrons. The van der Waals surface area contributed by atoms with E-state index in [1.165, 1.54) is 24.2 Å². The molecule has 0 aromatic heterocycles. The number of aryl methyl sites for hydroxylation is 1. The van der Waals surface area contributed by atoms with Crippen LogP contribution >= 0.6 is 23.2 Å². The molecule has 250 valence electrons. The Bertz CT molecular complexity index is 1780. The maximum Gasteiger partial charge on any atom is 0.417 e. The van der Waals surface area contributed by atoms with E-state index in [9.17, 15) is 24.0 Å². The first-order valence-corrected chi connectivity index (χ1v) is 15.7. The number of carbonyl (C=O) groups excluding carboxylic acids is 5. The molecule has 11 nitrogen and oxygen atoms in total. The van der Waals surface area contributed by atoms with Gasteiger partial charge >= 0.3 is 18.2 Å². The molecular weight excluding hydrogens is 661 g/mol. The van der Waals surface area contributed by atoms with Crippen LogP contribution in [0.2, 0.25) is 5.02 Å². The number of esters is 1. The third kappa shape index (κ3) is 9.24. The van der Waals surface area contributed by atoms with Crippen molar-refractivity contribution < 1.29 is 38.2 Å². The molecule has 0 atom stereocenters. The Morgan fingerprint density at radius 2 is 1.50 bits per heavy atom. The zero-order valence-corrected chi connectivity index (χ0v) is 27.9. The molecule has 3 aromatic carbocycles. The van der Waals surface area contributed by atoms with Crippen LogP contribution in [0, 0.1) is 6.92 Å². The fourth-order valence-corrected chi connectivity index (χ4v) is 5.27. The zero-order valence-electron chi connectivity index (χ0n) is 26.4. The highest BCUT2D eigenvalue weighted by Gasteiger charge is 2.39. The molecule has 13 heteroatoms. The Morgan fingerprint density at radius 3 is 2.12 bits per heavy atom. The van der Waals surface area contributed by atoms with E-state index < -0.39 is 18.2 Å². The second-order valence-electron chi connectivity index (χ2n) is 10.6. The third-order valence-electron chi connectivity index (χ3n) is 7.12. The molecule has 5 rings (SSSR count). The van der Waals surface area contributed by atoms with Crippen molar-refractivity contribution in [1.29, 1.82) is 0 Å². The lowest BCUT2D eigenvalue weighted by molar-refractivity contribution is -0.137. The standard InChI is InChI=1S/C19H17Cl2NO4.C16H16N2O4/c1-2-26-19(25)16(21)10-11-9-12(7-8-15(11)20)22-17(23)13-5-3-4-6-14(13)18(22)24;1-11-5-3-6-12(9-11)18-16(20)22-14-8-4-7-13(10-14)17-15(19)21-2/h7-10H,2-6H2,1H3;3-10H,1-2H3,(H,17,19)(H,18,20)/b16-10-;. The van der Waals surface area contributed by atoms with E-state index in [4.69, 9.17) is 32.7 Å². The molecule has 2 N–H and O–H groups in total. The van der Waals surface area contributed by atoms with Gasteiger partial charge in [0.25, 0.3) is 11.8 Å². The molecule has 0 bridgehead atoms. The molecule has 3 aromatic rings. The molecule has 2 aliphatic rings. The summed E-state index contributed by atoms with van der Waals surface area (Å²) >= 11 is 12.1. The van der Waals surface area contributed by atoms with Gasteiger partial charge in [0.05, 0.1) is 19.4 Å². The predicted molar refractivity (Wildman–Crippen MR) is 183 cm³/mol. The topological polar surface area (TPSA) is 140 Å². The molecule has 0 fully saturated rings. The van der Waals surface area contributed by atoms with E-state index in [0.29, 0.717) is 57.4 Å². The van der Waals surface area contributed by atoms with Crippen LogP contribution < -0.4 is 20.3 Å². The summed E-state index contributed by atoms with van der Waals surface area (Å²) in [6.07, 6.45) is 3.24. The van der Waals surface area contributed by atoms with E-state index in [-0.39, 0.29) is 23.5 Å². The number of methoxy groups -OCH3 is 1. The van der Waals surface area contributed by atoms with Crippen LogP contribution in [0.15, 0.2) is 82.9 Å². The fraction of sp³-hybridized carbons (Fsp3) is 0.229. The number of carbonyl (C=O) groups is 5. The number of rotatable bonds is 7. The van der Waals surface area contributed by atoms with Crippen LogP contribution in [0.4, 0.5) is 26.7 Å². The summed E-state index contributed by atoms with van der Waals surface area (Å²) < 4.78 is 14.5. The fourth-order valence-electron chi connectivity index (χ4n) is 4.93. The number of nitrogens with zero attached hydrogens (tertiary/aromatic N) is 1. The van der Waals surface area contributed by atoms with Crippen LogP contribution in [0.3, 0.4) is 0 Å². The van der Waals surface area contributed by atoms with Gasteiger partial charge in [-0.15, -0.1) is 0 Å². The van der Waals surface area contributed by atoms with E-state index in [1.807, 2.05) is 25.1 Å². The first-order valence-electron chi connectivity index (χ1n) is 15.0. The summed E-state index contributed by atoms with van der Waals surface area (Å²) in [6, 6.07) is 18.5. The summed E-state index contributed by atoms with van der Waals surface area (Å²) in [5.74, 6) is -0.919. The summed E-state index contributed by atoms with van der Waals surface area (Å²) in [7, 11) is 1.27. The van der Waals surface area contributed by atoms with Gasteiger partial charge in [0, 0.05) is 33.6 Å². The molecule has 0 saturated carbocycles. The van der Waals surface area contributed by atoms with E-state index in [2.05, 4.69) is 15.4 Å². The summed E-state index contributed by atoms with van der Waals surface area (Å²) in [6.45, 7) is 3.80. The predicted octanol–water partition coefficient (Wildman–Crippen LogP) is 8.01. The number of benzene rings is 3. The highest BCUT2D eigenvalue weighted by molar-refractivity contribution is 6.43. The van der Waals surface area contributed by atoms with Crippen LogP contribution in [-0.2, 0) is 23.9 Å². The van der Waals surface area contributed by atoms with Gasteiger partial charge < -0.3 is 14.2 Å². The maximum absolute atomic E-state index is 12.7. The highest BCUT2D eigenvalue weighted by Crippen LogP contribution is 2.37. The highest BCUT2D eigenvalue weighted by atomic mass is 35.5. The number of ether oxygens (including phenoxy) is 3. The SMILES string of the molecule is CCOC(=O)/C(Cl)=C/c1cc(N2C(=O)C3=C(CCCC3)C2=O)ccc1Cl.COC(=O)Nc1cccc(OC(=O)Nc2cccc(C)c2)c1. The van der Waals surface area contributed by atoms with Gasteiger partial charge in [0.2, 0.25) is 0 Å². The lowest BCUT2D eigenvalue weighted by Crippen LogP contribution is -2.31. The molecule has 1 aliphatic heterocycles. The number of halogens is 2. The third-order valence-corrected chi connectivity index (χ3v) is 7.73. The molecule has 1 aliphatic carbocycles. The van der Waals surface area contributed by atoms with Gasteiger partial charge in [-0.3, -0.25) is 20.2 Å². The summed E-state index contributed by atoms with van der Waals surface area (Å²) in [4.78, 5) is 61.1. The van der Waals surface area contributed by atoms with Crippen LogP contribution in [0.25, 0.3) is 6.08 Å². The second-order valence-corrected chi connectivity index (χ2v) is 11.4. The van der Waals surface area contributed by atoms with E-state index in [1.54, 1.807) is 49.4 Å². The molecular formula is C35H33Cl2N3O8. The van der Waals surface area contributed by atoms with E-state index in [0.717, 1.165) is 18.4 Å². The van der Waals surface area contributed by atoms with Crippen molar-refractivity contribution in [1.82, 2.24) is 0 Å². The Kier molecular flexibility index (Phi) is 12.4. The van der Waals surface area contributed by atoms with Crippen LogP contribution in [0.5, 0.6) is 5.75 Å². The van der Waals surface area contributed by atoms with Gasteiger partial charge in [0.15, 0.2) is 0 Å². The Balaban J connectivity index is 0.000000220. The number of imide groups is 1.